The second-order valence-electron chi connectivity index (χ2n) is 4.90. The van der Waals surface area contributed by atoms with Gasteiger partial charge in [0, 0.05) is 42.5 Å². The first-order valence-corrected chi connectivity index (χ1v) is 9.22. The van der Waals surface area contributed by atoms with E-state index in [1.165, 1.54) is 29.9 Å². The molecular weight excluding hydrogens is 274 g/mol. The molecule has 2 heterocycles. The SMILES string of the molecule is CCN(CC)c1ncc(CNCC2CCCCS2)s1. The van der Waals surface area contributed by atoms with Crippen molar-refractivity contribution in [3.8, 4) is 0 Å². The standard InChI is InChI=1S/C14H25N3S2/c1-3-17(4-2)14-16-11-13(19-14)10-15-9-12-7-5-6-8-18-12/h11-12,15H,3-10H2,1-2H3. The molecule has 0 spiro atoms. The highest BCUT2D eigenvalue weighted by molar-refractivity contribution is 7.99. The molecular formula is C14H25N3S2. The van der Waals surface area contributed by atoms with Gasteiger partial charge in [-0.3, -0.25) is 0 Å². The lowest BCUT2D eigenvalue weighted by molar-refractivity contribution is 0.600. The fraction of sp³-hybridized carbons (Fsp3) is 0.786. The monoisotopic (exact) mass is 299 g/mol. The molecule has 0 aromatic carbocycles. The van der Waals surface area contributed by atoms with E-state index in [1.54, 1.807) is 0 Å². The van der Waals surface area contributed by atoms with Gasteiger partial charge < -0.3 is 10.2 Å². The average molecular weight is 300 g/mol. The van der Waals surface area contributed by atoms with Crippen LogP contribution in [0.5, 0.6) is 0 Å². The Bertz CT molecular complexity index is 357. The molecule has 1 atom stereocenters. The molecule has 1 aromatic rings. The number of hydrogen-bond donors (Lipinski definition) is 1. The van der Waals surface area contributed by atoms with Gasteiger partial charge in [0.2, 0.25) is 0 Å². The molecule has 108 valence electrons. The first-order valence-electron chi connectivity index (χ1n) is 7.35. The van der Waals surface area contributed by atoms with Crippen molar-refractivity contribution in [2.75, 3.05) is 30.3 Å². The van der Waals surface area contributed by atoms with Crippen molar-refractivity contribution in [2.24, 2.45) is 0 Å². The van der Waals surface area contributed by atoms with Gasteiger partial charge in [-0.1, -0.05) is 6.42 Å². The maximum atomic E-state index is 4.52. The summed E-state index contributed by atoms with van der Waals surface area (Å²) in [5.41, 5.74) is 0. The number of aromatic nitrogens is 1. The van der Waals surface area contributed by atoms with E-state index in [0.29, 0.717) is 0 Å². The van der Waals surface area contributed by atoms with Gasteiger partial charge in [0.15, 0.2) is 5.13 Å². The topological polar surface area (TPSA) is 28.2 Å². The number of nitrogens with one attached hydrogen (secondary N) is 1. The molecule has 19 heavy (non-hydrogen) atoms. The molecule has 1 aliphatic rings. The molecule has 1 aromatic heterocycles. The van der Waals surface area contributed by atoms with Gasteiger partial charge in [0.25, 0.3) is 0 Å². The van der Waals surface area contributed by atoms with E-state index in [2.05, 4.69) is 40.8 Å². The van der Waals surface area contributed by atoms with Crippen LogP contribution in [-0.2, 0) is 6.54 Å². The first kappa shape index (κ1) is 15.1. The zero-order chi connectivity index (χ0) is 13.5. The van der Waals surface area contributed by atoms with Crippen LogP contribution < -0.4 is 10.2 Å². The third-order valence-corrected chi connectivity index (χ3v) is 5.98. The Balaban J connectivity index is 1.73. The summed E-state index contributed by atoms with van der Waals surface area (Å²) in [5, 5.41) is 5.57. The van der Waals surface area contributed by atoms with E-state index < -0.39 is 0 Å². The first-order chi connectivity index (χ1) is 9.33. The minimum atomic E-state index is 0.823. The zero-order valence-corrected chi connectivity index (χ0v) is 13.7. The van der Waals surface area contributed by atoms with Gasteiger partial charge in [0.1, 0.15) is 0 Å². The van der Waals surface area contributed by atoms with Crippen LogP contribution in [-0.4, -0.2) is 35.6 Å². The summed E-state index contributed by atoms with van der Waals surface area (Å²) in [4.78, 5) is 8.18. The van der Waals surface area contributed by atoms with E-state index in [-0.39, 0.29) is 0 Å². The zero-order valence-electron chi connectivity index (χ0n) is 12.0. The molecule has 1 aliphatic heterocycles. The molecule has 1 fully saturated rings. The number of thiazole rings is 1. The lowest BCUT2D eigenvalue weighted by Crippen LogP contribution is -2.26. The van der Waals surface area contributed by atoms with E-state index >= 15 is 0 Å². The van der Waals surface area contributed by atoms with Crippen LogP contribution in [0.4, 0.5) is 5.13 Å². The van der Waals surface area contributed by atoms with Gasteiger partial charge in [0.05, 0.1) is 0 Å². The summed E-state index contributed by atoms with van der Waals surface area (Å²) >= 11 is 3.95. The van der Waals surface area contributed by atoms with Crippen LogP contribution in [0.15, 0.2) is 6.20 Å². The van der Waals surface area contributed by atoms with Crippen LogP contribution >= 0.6 is 23.1 Å². The van der Waals surface area contributed by atoms with Crippen molar-refractivity contribution in [1.82, 2.24) is 10.3 Å². The Hall–Kier alpha value is -0.260. The van der Waals surface area contributed by atoms with Crippen LogP contribution in [0.25, 0.3) is 0 Å². The highest BCUT2D eigenvalue weighted by Gasteiger charge is 2.13. The molecule has 5 heteroatoms. The Morgan fingerprint density at radius 3 is 2.89 bits per heavy atom. The van der Waals surface area contributed by atoms with Gasteiger partial charge in [-0.05, 0) is 32.4 Å². The molecule has 3 nitrogen and oxygen atoms in total. The van der Waals surface area contributed by atoms with Crippen LogP contribution in [0.3, 0.4) is 0 Å². The third kappa shape index (κ3) is 4.65. The summed E-state index contributed by atoms with van der Waals surface area (Å²) in [7, 11) is 0. The average Bonchev–Trinajstić information content (AvgIpc) is 2.90. The molecule has 0 radical (unpaired) electrons. The van der Waals surface area contributed by atoms with Gasteiger partial charge in [-0.25, -0.2) is 4.98 Å². The van der Waals surface area contributed by atoms with Crippen LogP contribution in [0.2, 0.25) is 0 Å². The number of hydrogen-bond acceptors (Lipinski definition) is 5. The van der Waals surface area contributed by atoms with E-state index in [1.807, 2.05) is 17.5 Å². The third-order valence-electron chi connectivity index (χ3n) is 3.52. The van der Waals surface area contributed by atoms with Crippen molar-refractivity contribution in [3.63, 3.8) is 0 Å². The minimum absolute atomic E-state index is 0.823. The summed E-state index contributed by atoms with van der Waals surface area (Å²) in [6.07, 6.45) is 6.22. The lowest BCUT2D eigenvalue weighted by Gasteiger charge is -2.21. The number of nitrogens with zero attached hydrogens (tertiary/aromatic N) is 2. The molecule has 0 aliphatic carbocycles. The molecule has 1 unspecified atom stereocenters. The Morgan fingerprint density at radius 2 is 2.21 bits per heavy atom. The maximum absolute atomic E-state index is 4.52. The van der Waals surface area contributed by atoms with Crippen molar-refractivity contribution < 1.29 is 0 Å². The molecule has 0 amide bonds. The van der Waals surface area contributed by atoms with Gasteiger partial charge >= 0.3 is 0 Å². The number of thioether (sulfide) groups is 1. The van der Waals surface area contributed by atoms with E-state index in [0.717, 1.165) is 36.6 Å². The highest BCUT2D eigenvalue weighted by Crippen LogP contribution is 2.25. The number of anilines is 1. The van der Waals surface area contributed by atoms with Crippen LogP contribution in [0, 0.1) is 0 Å². The maximum Gasteiger partial charge on any atom is 0.185 e. The van der Waals surface area contributed by atoms with E-state index in [4.69, 9.17) is 0 Å². The van der Waals surface area contributed by atoms with Gasteiger partial charge in [-0.15, -0.1) is 11.3 Å². The summed E-state index contributed by atoms with van der Waals surface area (Å²) in [6, 6.07) is 0. The molecule has 0 saturated carbocycles. The number of rotatable bonds is 7. The fourth-order valence-electron chi connectivity index (χ4n) is 2.34. The fourth-order valence-corrected chi connectivity index (χ4v) is 4.62. The van der Waals surface area contributed by atoms with Crippen molar-refractivity contribution in [3.05, 3.63) is 11.1 Å². The normalized spacial score (nSPS) is 19.6. The van der Waals surface area contributed by atoms with E-state index in [9.17, 15) is 0 Å². The molecule has 1 N–H and O–H groups in total. The predicted octanol–water partition coefficient (Wildman–Crippen LogP) is 3.36. The predicted molar refractivity (Wildman–Crippen MR) is 87.5 cm³/mol. The molecule has 1 saturated heterocycles. The van der Waals surface area contributed by atoms with Crippen molar-refractivity contribution in [2.45, 2.75) is 44.9 Å². The Kier molecular flexibility index (Phi) is 6.47. The van der Waals surface area contributed by atoms with Gasteiger partial charge in [-0.2, -0.15) is 11.8 Å². The Morgan fingerprint density at radius 1 is 1.37 bits per heavy atom. The van der Waals surface area contributed by atoms with Crippen molar-refractivity contribution in [1.29, 1.82) is 0 Å². The second kappa shape index (κ2) is 8.12. The minimum Gasteiger partial charge on any atom is -0.349 e. The highest BCUT2D eigenvalue weighted by atomic mass is 32.2. The Labute approximate surface area is 125 Å². The summed E-state index contributed by atoms with van der Waals surface area (Å²) < 4.78 is 0. The smallest absolute Gasteiger partial charge is 0.185 e. The largest absolute Gasteiger partial charge is 0.349 e. The van der Waals surface area contributed by atoms with Crippen LogP contribution in [0.1, 0.15) is 38.0 Å². The molecule has 2 rings (SSSR count). The van der Waals surface area contributed by atoms with Crippen molar-refractivity contribution >= 4 is 28.2 Å². The summed E-state index contributed by atoms with van der Waals surface area (Å²) in [6.45, 7) is 8.55. The lowest BCUT2D eigenvalue weighted by atomic mass is 10.2. The quantitative estimate of drug-likeness (QED) is 0.835. The molecule has 0 bridgehead atoms. The summed E-state index contributed by atoms with van der Waals surface area (Å²) in [5.74, 6) is 1.35. The second-order valence-corrected chi connectivity index (χ2v) is 7.40.